The predicted molar refractivity (Wildman–Crippen MR) is 57.5 cm³/mol. The molecule has 0 spiro atoms. The molecule has 0 amide bonds. The first kappa shape index (κ1) is 12.4. The van der Waals surface area contributed by atoms with E-state index < -0.39 is 0 Å². The highest BCUT2D eigenvalue weighted by atomic mass is 16.5. The van der Waals surface area contributed by atoms with Gasteiger partial charge in [-0.25, -0.2) is 0 Å². The topological polar surface area (TPSA) is 45.5 Å². The van der Waals surface area contributed by atoms with Crippen molar-refractivity contribution in [1.82, 2.24) is 4.90 Å². The van der Waals surface area contributed by atoms with Gasteiger partial charge in [0.15, 0.2) is 6.10 Å². The van der Waals surface area contributed by atoms with E-state index in [1.54, 1.807) is 0 Å². The average Bonchev–Trinajstić information content (AvgIpc) is 2.29. The molecule has 1 fully saturated rings. The van der Waals surface area contributed by atoms with Crippen LogP contribution in [-0.4, -0.2) is 50.5 Å². The number of ether oxygens (including phenoxy) is 2. The van der Waals surface area contributed by atoms with Crippen molar-refractivity contribution in [2.24, 2.45) is 0 Å². The molecule has 1 heterocycles. The molecule has 1 atom stereocenters. The molecule has 1 rings (SSSR count). The quantitative estimate of drug-likeness (QED) is 0.617. The van der Waals surface area contributed by atoms with Crippen molar-refractivity contribution < 1.29 is 9.47 Å². The van der Waals surface area contributed by atoms with Gasteiger partial charge in [0.2, 0.25) is 0 Å². The first-order chi connectivity index (χ1) is 7.36. The molecule has 0 aromatic rings. The third kappa shape index (κ3) is 5.12. The zero-order valence-corrected chi connectivity index (χ0v) is 9.45. The van der Waals surface area contributed by atoms with E-state index in [1.165, 1.54) is 6.42 Å². The third-order valence-electron chi connectivity index (χ3n) is 2.49. The highest BCUT2D eigenvalue weighted by Gasteiger charge is 2.18. The van der Waals surface area contributed by atoms with Crippen LogP contribution in [0.3, 0.4) is 0 Å². The van der Waals surface area contributed by atoms with Gasteiger partial charge in [0.25, 0.3) is 0 Å². The van der Waals surface area contributed by atoms with Crippen LogP contribution in [0.25, 0.3) is 0 Å². The summed E-state index contributed by atoms with van der Waals surface area (Å²) in [6.45, 7) is 6.96. The van der Waals surface area contributed by atoms with Crippen LogP contribution >= 0.6 is 0 Å². The predicted octanol–water partition coefficient (Wildman–Crippen LogP) is 1.03. The molecular formula is C11H20N2O2. The van der Waals surface area contributed by atoms with E-state index in [0.29, 0.717) is 13.2 Å². The maximum absolute atomic E-state index is 8.72. The van der Waals surface area contributed by atoms with Crippen LogP contribution in [0.15, 0.2) is 0 Å². The van der Waals surface area contributed by atoms with E-state index in [2.05, 4.69) is 17.9 Å². The molecule has 0 aliphatic carbocycles. The van der Waals surface area contributed by atoms with Crippen molar-refractivity contribution in [3.63, 3.8) is 0 Å². The molecule has 86 valence electrons. The molecular weight excluding hydrogens is 192 g/mol. The minimum Gasteiger partial charge on any atom is -0.380 e. The minimum absolute atomic E-state index is 0.255. The van der Waals surface area contributed by atoms with Gasteiger partial charge in [-0.15, -0.1) is 0 Å². The van der Waals surface area contributed by atoms with Gasteiger partial charge < -0.3 is 9.47 Å². The maximum atomic E-state index is 8.72. The Morgan fingerprint density at radius 3 is 3.13 bits per heavy atom. The van der Waals surface area contributed by atoms with Gasteiger partial charge in [-0.1, -0.05) is 13.3 Å². The standard InChI is InChI=1S/C11H20N2O2/c1-2-3-6-14-7-4-13-5-8-15-11(9-12)10-13/h11H,2-8,10H2,1H3. The SMILES string of the molecule is CCCCOCCN1CCOC(C#N)C1. The van der Waals surface area contributed by atoms with Crippen molar-refractivity contribution in [2.45, 2.75) is 25.9 Å². The van der Waals surface area contributed by atoms with E-state index in [1.807, 2.05) is 0 Å². The van der Waals surface area contributed by atoms with E-state index in [0.717, 1.165) is 32.7 Å². The molecule has 4 heteroatoms. The number of morpholine rings is 1. The van der Waals surface area contributed by atoms with E-state index in [9.17, 15) is 0 Å². The Morgan fingerprint density at radius 1 is 1.53 bits per heavy atom. The second-order valence-corrected chi connectivity index (χ2v) is 3.76. The molecule has 0 bridgehead atoms. The van der Waals surface area contributed by atoms with Gasteiger partial charge >= 0.3 is 0 Å². The number of hydrogen-bond acceptors (Lipinski definition) is 4. The fourth-order valence-electron chi connectivity index (χ4n) is 1.53. The van der Waals surface area contributed by atoms with E-state index in [4.69, 9.17) is 14.7 Å². The molecule has 0 N–H and O–H groups in total. The van der Waals surface area contributed by atoms with Gasteiger partial charge in [0.05, 0.1) is 19.3 Å². The summed E-state index contributed by atoms with van der Waals surface area (Å²) in [4.78, 5) is 2.23. The molecule has 1 saturated heterocycles. The third-order valence-corrected chi connectivity index (χ3v) is 2.49. The monoisotopic (exact) mass is 212 g/mol. The molecule has 0 aromatic carbocycles. The second-order valence-electron chi connectivity index (χ2n) is 3.76. The Morgan fingerprint density at radius 2 is 2.40 bits per heavy atom. The Labute approximate surface area is 91.8 Å². The van der Waals surface area contributed by atoms with Crippen molar-refractivity contribution in [2.75, 3.05) is 39.5 Å². The summed E-state index contributed by atoms with van der Waals surface area (Å²) in [6.07, 6.45) is 2.05. The average molecular weight is 212 g/mol. The summed E-state index contributed by atoms with van der Waals surface area (Å²) >= 11 is 0. The summed E-state index contributed by atoms with van der Waals surface area (Å²) in [5, 5.41) is 8.72. The molecule has 1 aliphatic rings. The number of unbranched alkanes of at least 4 members (excludes halogenated alkanes) is 1. The highest BCUT2D eigenvalue weighted by molar-refractivity contribution is 4.89. The van der Waals surface area contributed by atoms with Crippen LogP contribution in [0.2, 0.25) is 0 Å². The summed E-state index contributed by atoms with van der Waals surface area (Å²) in [5.74, 6) is 0. The van der Waals surface area contributed by atoms with Crippen molar-refractivity contribution in [3.05, 3.63) is 0 Å². The van der Waals surface area contributed by atoms with Crippen LogP contribution in [0.1, 0.15) is 19.8 Å². The fourth-order valence-corrected chi connectivity index (χ4v) is 1.53. The molecule has 1 unspecified atom stereocenters. The van der Waals surface area contributed by atoms with E-state index >= 15 is 0 Å². The van der Waals surface area contributed by atoms with Crippen LogP contribution in [0, 0.1) is 11.3 Å². The Hall–Kier alpha value is -0.630. The smallest absolute Gasteiger partial charge is 0.156 e. The van der Waals surface area contributed by atoms with Crippen LogP contribution in [0.4, 0.5) is 0 Å². The van der Waals surface area contributed by atoms with Gasteiger partial charge in [0, 0.05) is 26.2 Å². The molecule has 1 aliphatic heterocycles. The number of hydrogen-bond donors (Lipinski definition) is 0. The van der Waals surface area contributed by atoms with Crippen molar-refractivity contribution >= 4 is 0 Å². The first-order valence-electron chi connectivity index (χ1n) is 5.68. The van der Waals surface area contributed by atoms with Crippen molar-refractivity contribution in [3.8, 4) is 6.07 Å². The largest absolute Gasteiger partial charge is 0.380 e. The number of nitrogens with zero attached hydrogens (tertiary/aromatic N) is 2. The summed E-state index contributed by atoms with van der Waals surface area (Å²) in [7, 11) is 0. The Kier molecular flexibility index (Phi) is 6.33. The molecule has 0 radical (unpaired) electrons. The van der Waals surface area contributed by atoms with E-state index in [-0.39, 0.29) is 6.10 Å². The second kappa shape index (κ2) is 7.63. The highest BCUT2D eigenvalue weighted by Crippen LogP contribution is 2.03. The maximum Gasteiger partial charge on any atom is 0.156 e. The summed E-state index contributed by atoms with van der Waals surface area (Å²) in [6, 6.07) is 2.14. The van der Waals surface area contributed by atoms with Gasteiger partial charge in [-0.05, 0) is 6.42 Å². The number of nitriles is 1. The molecule has 15 heavy (non-hydrogen) atoms. The minimum atomic E-state index is -0.255. The van der Waals surface area contributed by atoms with Gasteiger partial charge in [-0.3, -0.25) is 4.90 Å². The lowest BCUT2D eigenvalue weighted by atomic mass is 10.3. The van der Waals surface area contributed by atoms with Crippen LogP contribution in [0.5, 0.6) is 0 Å². The van der Waals surface area contributed by atoms with Gasteiger partial charge in [-0.2, -0.15) is 5.26 Å². The zero-order valence-electron chi connectivity index (χ0n) is 9.45. The normalized spacial score (nSPS) is 22.5. The number of rotatable bonds is 6. The first-order valence-corrected chi connectivity index (χ1v) is 5.68. The molecule has 4 nitrogen and oxygen atoms in total. The lowest BCUT2D eigenvalue weighted by Gasteiger charge is -2.29. The van der Waals surface area contributed by atoms with Gasteiger partial charge in [0.1, 0.15) is 0 Å². The van der Waals surface area contributed by atoms with Crippen molar-refractivity contribution in [1.29, 1.82) is 5.26 Å². The van der Waals surface area contributed by atoms with Crippen LogP contribution in [-0.2, 0) is 9.47 Å². The van der Waals surface area contributed by atoms with Crippen LogP contribution < -0.4 is 0 Å². The summed E-state index contributed by atoms with van der Waals surface area (Å²) in [5.41, 5.74) is 0. The lowest BCUT2D eigenvalue weighted by Crippen LogP contribution is -2.43. The Bertz CT molecular complexity index is 203. The molecule has 0 aromatic heterocycles. The lowest BCUT2D eigenvalue weighted by molar-refractivity contribution is -0.0106. The fraction of sp³-hybridized carbons (Fsp3) is 0.909. The molecule has 0 saturated carbocycles. The summed E-state index contributed by atoms with van der Waals surface area (Å²) < 4.78 is 10.7. The Balaban J connectivity index is 2.03. The zero-order chi connectivity index (χ0) is 10.9.